The van der Waals surface area contributed by atoms with Crippen LogP contribution in [0.15, 0.2) is 12.1 Å². The van der Waals surface area contributed by atoms with E-state index in [0.29, 0.717) is 12.8 Å². The first-order valence-corrected chi connectivity index (χ1v) is 5.43. The highest BCUT2D eigenvalue weighted by molar-refractivity contribution is 6.39. The highest BCUT2D eigenvalue weighted by atomic mass is 35.5. The molecule has 0 aliphatic heterocycles. The van der Waals surface area contributed by atoms with Gasteiger partial charge < -0.3 is 11.1 Å². The number of carbonyl (C=O) groups excluding carboxylic acids is 1. The normalized spacial score (nSPS) is 17.0. The maximum Gasteiger partial charge on any atom is 0.244 e. The molecule has 1 aliphatic carbocycles. The predicted octanol–water partition coefficient (Wildman–Crippen LogP) is 2.56. The molecule has 1 aromatic carbocycles. The monoisotopic (exact) mass is 262 g/mol. The number of anilines is 1. The van der Waals surface area contributed by atoms with E-state index in [2.05, 4.69) is 5.32 Å². The molecule has 0 heterocycles. The standard InChI is InChI=1S/C10H9Cl2FN2O/c11-6-3-5(13)4-7(12)8(6)15-9(16)10(14)1-2-10/h3-4H,1-2,14H2,(H,15,16). The Kier molecular flexibility index (Phi) is 2.82. The molecule has 16 heavy (non-hydrogen) atoms. The third-order valence-corrected chi connectivity index (χ3v) is 3.08. The molecule has 6 heteroatoms. The van der Waals surface area contributed by atoms with Crippen molar-refractivity contribution in [1.82, 2.24) is 0 Å². The maximum absolute atomic E-state index is 12.9. The van der Waals surface area contributed by atoms with Gasteiger partial charge >= 0.3 is 0 Å². The minimum Gasteiger partial charge on any atom is -0.322 e. The smallest absolute Gasteiger partial charge is 0.244 e. The zero-order valence-electron chi connectivity index (χ0n) is 8.19. The molecule has 1 aromatic rings. The molecule has 0 spiro atoms. The van der Waals surface area contributed by atoms with Crippen molar-refractivity contribution in [3.63, 3.8) is 0 Å². The summed E-state index contributed by atoms with van der Waals surface area (Å²) < 4.78 is 12.9. The SMILES string of the molecule is NC1(C(=O)Nc2c(Cl)cc(F)cc2Cl)CC1. The van der Waals surface area contributed by atoms with Crippen molar-refractivity contribution in [2.24, 2.45) is 5.73 Å². The molecule has 0 unspecified atom stereocenters. The summed E-state index contributed by atoms with van der Waals surface area (Å²) in [6.07, 6.45) is 1.27. The van der Waals surface area contributed by atoms with Gasteiger partial charge in [0.1, 0.15) is 5.82 Å². The zero-order chi connectivity index (χ0) is 11.9. The average molecular weight is 263 g/mol. The first-order chi connectivity index (χ1) is 7.42. The molecule has 86 valence electrons. The second kappa shape index (κ2) is 3.87. The van der Waals surface area contributed by atoms with Gasteiger partial charge in [0.05, 0.1) is 21.3 Å². The summed E-state index contributed by atoms with van der Waals surface area (Å²) in [7, 11) is 0. The van der Waals surface area contributed by atoms with E-state index in [9.17, 15) is 9.18 Å². The third kappa shape index (κ3) is 2.14. The lowest BCUT2D eigenvalue weighted by atomic mass is 10.2. The fraction of sp³-hybridized carbons (Fsp3) is 0.300. The Morgan fingerprint density at radius 2 is 1.88 bits per heavy atom. The van der Waals surface area contributed by atoms with Crippen molar-refractivity contribution < 1.29 is 9.18 Å². The van der Waals surface area contributed by atoms with Crippen LogP contribution >= 0.6 is 23.2 Å². The molecular formula is C10H9Cl2FN2O. The summed E-state index contributed by atoms with van der Waals surface area (Å²) in [6, 6.07) is 2.16. The van der Waals surface area contributed by atoms with Crippen molar-refractivity contribution >= 4 is 34.8 Å². The van der Waals surface area contributed by atoms with Crippen molar-refractivity contribution in [3.05, 3.63) is 28.0 Å². The van der Waals surface area contributed by atoms with E-state index in [0.717, 1.165) is 12.1 Å². The molecule has 1 saturated carbocycles. The molecule has 0 aromatic heterocycles. The number of rotatable bonds is 2. The fourth-order valence-corrected chi connectivity index (χ4v) is 1.82. The summed E-state index contributed by atoms with van der Waals surface area (Å²) in [5.41, 5.74) is 5.08. The Balaban J connectivity index is 2.24. The lowest BCUT2D eigenvalue weighted by Gasteiger charge is -2.12. The molecule has 0 radical (unpaired) electrons. The number of benzene rings is 1. The van der Waals surface area contributed by atoms with E-state index >= 15 is 0 Å². The molecular weight excluding hydrogens is 254 g/mol. The van der Waals surface area contributed by atoms with Crippen LogP contribution in [0, 0.1) is 5.82 Å². The molecule has 0 bridgehead atoms. The van der Waals surface area contributed by atoms with Gasteiger partial charge in [-0.05, 0) is 25.0 Å². The number of hydrogen-bond donors (Lipinski definition) is 2. The number of carbonyl (C=O) groups is 1. The largest absolute Gasteiger partial charge is 0.322 e. The molecule has 0 atom stereocenters. The number of amides is 1. The first-order valence-electron chi connectivity index (χ1n) is 4.67. The average Bonchev–Trinajstić information content (AvgIpc) is 2.91. The van der Waals surface area contributed by atoms with Crippen LogP contribution < -0.4 is 11.1 Å². The Morgan fingerprint density at radius 3 is 2.31 bits per heavy atom. The van der Waals surface area contributed by atoms with E-state index in [1.807, 2.05) is 0 Å². The van der Waals surface area contributed by atoms with Crippen molar-refractivity contribution in [3.8, 4) is 0 Å². The highest BCUT2D eigenvalue weighted by Crippen LogP contribution is 2.36. The van der Waals surface area contributed by atoms with Crippen molar-refractivity contribution in [2.75, 3.05) is 5.32 Å². The van der Waals surface area contributed by atoms with Crippen LogP contribution in [0.2, 0.25) is 10.0 Å². The van der Waals surface area contributed by atoms with Gasteiger partial charge in [-0.2, -0.15) is 0 Å². The van der Waals surface area contributed by atoms with E-state index in [-0.39, 0.29) is 21.6 Å². The summed E-state index contributed by atoms with van der Waals surface area (Å²) in [6.45, 7) is 0. The number of hydrogen-bond acceptors (Lipinski definition) is 2. The van der Waals surface area contributed by atoms with Crippen LogP contribution in [0.1, 0.15) is 12.8 Å². The molecule has 3 N–H and O–H groups in total. The van der Waals surface area contributed by atoms with Gasteiger partial charge in [0.2, 0.25) is 5.91 Å². The third-order valence-electron chi connectivity index (χ3n) is 2.49. The molecule has 3 nitrogen and oxygen atoms in total. The second-order valence-corrected chi connectivity index (χ2v) is 4.67. The summed E-state index contributed by atoms with van der Waals surface area (Å²) in [4.78, 5) is 11.6. The topological polar surface area (TPSA) is 55.1 Å². The Labute approximate surface area is 102 Å². The predicted molar refractivity (Wildman–Crippen MR) is 61.2 cm³/mol. The minimum absolute atomic E-state index is 0.0580. The van der Waals surface area contributed by atoms with Crippen LogP contribution in [-0.4, -0.2) is 11.4 Å². The quantitative estimate of drug-likeness (QED) is 0.861. The lowest BCUT2D eigenvalue weighted by molar-refractivity contribution is -0.118. The van der Waals surface area contributed by atoms with Gasteiger partial charge in [-0.25, -0.2) is 4.39 Å². The van der Waals surface area contributed by atoms with Crippen molar-refractivity contribution in [1.29, 1.82) is 0 Å². The van der Waals surface area contributed by atoms with E-state index in [1.165, 1.54) is 0 Å². The molecule has 2 rings (SSSR count). The fourth-order valence-electron chi connectivity index (χ4n) is 1.26. The summed E-state index contributed by atoms with van der Waals surface area (Å²) in [5.74, 6) is -0.898. The maximum atomic E-state index is 12.9. The van der Waals surface area contributed by atoms with Gasteiger partial charge in [0.15, 0.2) is 0 Å². The lowest BCUT2D eigenvalue weighted by Crippen LogP contribution is -2.37. The van der Waals surface area contributed by atoms with Gasteiger partial charge in [-0.15, -0.1) is 0 Å². The Hall–Kier alpha value is -0.840. The minimum atomic E-state index is -0.818. The molecule has 0 saturated heterocycles. The first kappa shape index (κ1) is 11.6. The van der Waals surface area contributed by atoms with Gasteiger partial charge in [-0.3, -0.25) is 4.79 Å². The Bertz CT molecular complexity index is 437. The number of nitrogens with one attached hydrogen (secondary N) is 1. The summed E-state index contributed by atoms with van der Waals surface area (Å²) in [5, 5.41) is 2.63. The van der Waals surface area contributed by atoms with E-state index < -0.39 is 11.4 Å². The van der Waals surface area contributed by atoms with E-state index in [1.54, 1.807) is 0 Å². The zero-order valence-corrected chi connectivity index (χ0v) is 9.70. The van der Waals surface area contributed by atoms with Gasteiger partial charge in [0.25, 0.3) is 0 Å². The van der Waals surface area contributed by atoms with Crippen molar-refractivity contribution in [2.45, 2.75) is 18.4 Å². The molecule has 1 fully saturated rings. The Morgan fingerprint density at radius 1 is 1.38 bits per heavy atom. The summed E-state index contributed by atoms with van der Waals surface area (Å²) >= 11 is 11.5. The van der Waals surface area contributed by atoms with Gasteiger partial charge in [-0.1, -0.05) is 23.2 Å². The van der Waals surface area contributed by atoms with Crippen LogP contribution in [0.4, 0.5) is 10.1 Å². The van der Waals surface area contributed by atoms with E-state index in [4.69, 9.17) is 28.9 Å². The van der Waals surface area contributed by atoms with Crippen LogP contribution in [0.25, 0.3) is 0 Å². The number of nitrogens with two attached hydrogens (primary N) is 1. The second-order valence-electron chi connectivity index (χ2n) is 3.85. The van der Waals surface area contributed by atoms with Crippen LogP contribution in [0.3, 0.4) is 0 Å². The molecule has 1 aliphatic rings. The number of halogens is 3. The van der Waals surface area contributed by atoms with Gasteiger partial charge in [0, 0.05) is 0 Å². The van der Waals surface area contributed by atoms with Crippen LogP contribution in [-0.2, 0) is 4.79 Å². The van der Waals surface area contributed by atoms with Crippen LogP contribution in [0.5, 0.6) is 0 Å². The molecule has 1 amide bonds. The highest BCUT2D eigenvalue weighted by Gasteiger charge is 2.46.